The molecule has 0 aliphatic carbocycles. The highest BCUT2D eigenvalue weighted by atomic mass is 32.1. The quantitative estimate of drug-likeness (QED) is 0.603. The first-order chi connectivity index (χ1) is 8.50. The van der Waals surface area contributed by atoms with Gasteiger partial charge in [0.25, 0.3) is 0 Å². The van der Waals surface area contributed by atoms with Gasteiger partial charge in [-0.3, -0.25) is 0 Å². The second-order valence-electron chi connectivity index (χ2n) is 3.84. The number of rotatable bonds is 6. The van der Waals surface area contributed by atoms with Gasteiger partial charge in [-0.05, 0) is 35.7 Å². The second kappa shape index (κ2) is 6.97. The van der Waals surface area contributed by atoms with E-state index in [2.05, 4.69) is 10.6 Å². The number of nitrogens with one attached hydrogen (secondary N) is 2. The van der Waals surface area contributed by atoms with Gasteiger partial charge in [-0.1, -0.05) is 0 Å². The van der Waals surface area contributed by atoms with Crippen LogP contribution in [-0.2, 0) is 11.2 Å². The van der Waals surface area contributed by atoms with Crippen LogP contribution in [0.25, 0.3) is 0 Å². The van der Waals surface area contributed by atoms with Gasteiger partial charge in [0.2, 0.25) is 0 Å². The Labute approximate surface area is 109 Å². The first kappa shape index (κ1) is 14.5. The number of carbonyl (C=O) groups excluding carboxylic acids is 1. The third kappa shape index (κ3) is 4.72. The van der Waals surface area contributed by atoms with Crippen LogP contribution >= 0.6 is 11.3 Å². The molecule has 0 aliphatic rings. The zero-order valence-electron chi connectivity index (χ0n) is 9.92. The van der Waals surface area contributed by atoms with E-state index in [1.54, 1.807) is 11.3 Å². The summed E-state index contributed by atoms with van der Waals surface area (Å²) in [6, 6.07) is 0.0600. The summed E-state index contributed by atoms with van der Waals surface area (Å²) >= 11 is 1.58. The molecule has 0 aliphatic heterocycles. The molecule has 0 fully saturated rings. The number of aliphatic hydroxyl groups is 1. The lowest BCUT2D eigenvalue weighted by Crippen LogP contribution is -2.51. The normalized spacial score (nSPS) is 13.7. The van der Waals surface area contributed by atoms with Crippen LogP contribution in [0.1, 0.15) is 12.5 Å². The van der Waals surface area contributed by atoms with Crippen molar-refractivity contribution in [1.82, 2.24) is 10.6 Å². The maximum Gasteiger partial charge on any atom is 0.328 e. The molecule has 0 saturated heterocycles. The number of carbonyl (C=O) groups is 2. The van der Waals surface area contributed by atoms with Gasteiger partial charge in [0.1, 0.15) is 0 Å². The number of aliphatic carboxylic acids is 1. The van der Waals surface area contributed by atoms with Crippen molar-refractivity contribution in [3.8, 4) is 0 Å². The molecule has 0 unspecified atom stereocenters. The van der Waals surface area contributed by atoms with E-state index in [0.29, 0.717) is 13.0 Å². The molecule has 6 nitrogen and oxygen atoms in total. The predicted molar refractivity (Wildman–Crippen MR) is 67.7 cm³/mol. The summed E-state index contributed by atoms with van der Waals surface area (Å²) in [4.78, 5) is 22.1. The minimum absolute atomic E-state index is 0.411. The summed E-state index contributed by atoms with van der Waals surface area (Å²) in [5.41, 5.74) is 1.12. The van der Waals surface area contributed by atoms with Gasteiger partial charge >= 0.3 is 12.0 Å². The first-order valence-corrected chi connectivity index (χ1v) is 6.41. The van der Waals surface area contributed by atoms with Gasteiger partial charge in [-0.2, -0.15) is 11.3 Å². The van der Waals surface area contributed by atoms with Crippen LogP contribution in [0.4, 0.5) is 4.79 Å². The fourth-order valence-electron chi connectivity index (χ4n) is 1.34. The van der Waals surface area contributed by atoms with Crippen LogP contribution in [0.5, 0.6) is 0 Å². The number of urea groups is 1. The third-order valence-electron chi connectivity index (χ3n) is 2.31. The molecule has 0 spiro atoms. The molecule has 1 aromatic heterocycles. The van der Waals surface area contributed by atoms with E-state index < -0.39 is 24.1 Å². The average Bonchev–Trinajstić information content (AvgIpc) is 2.78. The predicted octanol–water partition coefficient (Wildman–Crippen LogP) is 0.424. The number of carboxylic acids is 1. The largest absolute Gasteiger partial charge is 0.480 e. The summed E-state index contributed by atoms with van der Waals surface area (Å²) in [6.07, 6.45) is -0.464. The molecule has 1 rings (SSSR count). The molecular formula is C11H16N2O4S. The van der Waals surface area contributed by atoms with Crippen molar-refractivity contribution < 1.29 is 19.8 Å². The van der Waals surface area contributed by atoms with Crippen molar-refractivity contribution >= 4 is 23.3 Å². The Kier molecular flexibility index (Phi) is 5.60. The Morgan fingerprint density at radius 3 is 2.72 bits per heavy atom. The lowest BCUT2D eigenvalue weighted by atomic mass is 10.2. The lowest BCUT2D eigenvalue weighted by Gasteiger charge is -2.17. The molecule has 1 aromatic rings. The van der Waals surface area contributed by atoms with Crippen molar-refractivity contribution in [2.24, 2.45) is 0 Å². The zero-order valence-corrected chi connectivity index (χ0v) is 10.7. The fourth-order valence-corrected chi connectivity index (χ4v) is 2.04. The summed E-state index contributed by atoms with van der Waals surface area (Å²) in [6.45, 7) is 1.72. The maximum absolute atomic E-state index is 11.4. The summed E-state index contributed by atoms with van der Waals surface area (Å²) < 4.78 is 0. The molecule has 0 bridgehead atoms. The molecule has 0 aromatic carbocycles. The molecule has 2 amide bonds. The Morgan fingerprint density at radius 1 is 1.50 bits per heavy atom. The summed E-state index contributed by atoms with van der Waals surface area (Å²) in [5, 5.41) is 26.6. The van der Waals surface area contributed by atoms with Crippen LogP contribution in [0.3, 0.4) is 0 Å². The van der Waals surface area contributed by atoms with Crippen LogP contribution in [0, 0.1) is 0 Å². The molecule has 18 heavy (non-hydrogen) atoms. The van der Waals surface area contributed by atoms with Crippen molar-refractivity contribution in [3.05, 3.63) is 22.4 Å². The highest BCUT2D eigenvalue weighted by Gasteiger charge is 2.24. The first-order valence-electron chi connectivity index (χ1n) is 5.47. The van der Waals surface area contributed by atoms with E-state index in [9.17, 15) is 14.7 Å². The van der Waals surface area contributed by atoms with Gasteiger partial charge in [0, 0.05) is 6.54 Å². The van der Waals surface area contributed by atoms with E-state index in [-0.39, 0.29) is 0 Å². The van der Waals surface area contributed by atoms with Crippen LogP contribution < -0.4 is 10.6 Å². The Hall–Kier alpha value is -1.60. The Morgan fingerprint density at radius 2 is 2.22 bits per heavy atom. The number of thiophene rings is 1. The summed E-state index contributed by atoms with van der Waals surface area (Å²) in [5.74, 6) is -1.27. The monoisotopic (exact) mass is 272 g/mol. The van der Waals surface area contributed by atoms with Crippen molar-refractivity contribution in [2.75, 3.05) is 6.54 Å². The highest BCUT2D eigenvalue weighted by molar-refractivity contribution is 7.07. The van der Waals surface area contributed by atoms with E-state index >= 15 is 0 Å². The molecule has 0 radical (unpaired) electrons. The van der Waals surface area contributed by atoms with E-state index in [1.807, 2.05) is 16.8 Å². The Balaban J connectivity index is 2.30. The van der Waals surface area contributed by atoms with E-state index in [1.165, 1.54) is 6.92 Å². The molecule has 1 heterocycles. The number of hydrogen-bond acceptors (Lipinski definition) is 4. The van der Waals surface area contributed by atoms with Crippen LogP contribution in [0.15, 0.2) is 16.8 Å². The van der Waals surface area contributed by atoms with Gasteiger partial charge in [-0.25, -0.2) is 9.59 Å². The van der Waals surface area contributed by atoms with Crippen LogP contribution in [0.2, 0.25) is 0 Å². The van der Waals surface area contributed by atoms with E-state index in [0.717, 1.165) is 5.56 Å². The molecule has 2 atom stereocenters. The molecule has 4 N–H and O–H groups in total. The SMILES string of the molecule is C[C@@H](O)[C@H](NC(=O)NCCc1ccsc1)C(=O)O. The topological polar surface area (TPSA) is 98.7 Å². The lowest BCUT2D eigenvalue weighted by molar-refractivity contribution is -0.141. The standard InChI is InChI=1S/C11H16N2O4S/c1-7(14)9(10(15)16)13-11(17)12-4-2-8-3-5-18-6-8/h3,5-7,9,14H,2,4H2,1H3,(H,15,16)(H2,12,13,17)/t7-,9+/m1/s1. The van der Waals surface area contributed by atoms with Crippen molar-refractivity contribution in [1.29, 1.82) is 0 Å². The average molecular weight is 272 g/mol. The molecule has 100 valence electrons. The smallest absolute Gasteiger partial charge is 0.328 e. The van der Waals surface area contributed by atoms with Gasteiger partial charge < -0.3 is 20.8 Å². The minimum atomic E-state index is -1.30. The van der Waals surface area contributed by atoms with Crippen molar-refractivity contribution in [3.63, 3.8) is 0 Å². The van der Waals surface area contributed by atoms with Gasteiger partial charge in [0.15, 0.2) is 6.04 Å². The Bertz CT molecular complexity index is 392. The highest BCUT2D eigenvalue weighted by Crippen LogP contribution is 2.05. The molecule has 0 saturated carbocycles. The number of aliphatic hydroxyl groups excluding tert-OH is 1. The van der Waals surface area contributed by atoms with Gasteiger partial charge in [-0.15, -0.1) is 0 Å². The van der Waals surface area contributed by atoms with Crippen LogP contribution in [-0.4, -0.2) is 40.9 Å². The minimum Gasteiger partial charge on any atom is -0.480 e. The van der Waals surface area contributed by atoms with E-state index in [4.69, 9.17) is 5.11 Å². The summed E-state index contributed by atoms with van der Waals surface area (Å²) in [7, 11) is 0. The van der Waals surface area contributed by atoms with Gasteiger partial charge in [0.05, 0.1) is 6.10 Å². The molecule has 7 heteroatoms. The third-order valence-corrected chi connectivity index (χ3v) is 3.05. The second-order valence-corrected chi connectivity index (χ2v) is 4.62. The fraction of sp³-hybridized carbons (Fsp3) is 0.455. The zero-order chi connectivity index (χ0) is 13.5. The number of carboxylic acid groups (broad SMARTS) is 1. The molecular weight excluding hydrogens is 256 g/mol. The number of hydrogen-bond donors (Lipinski definition) is 4. The van der Waals surface area contributed by atoms with Crippen molar-refractivity contribution in [2.45, 2.75) is 25.5 Å². The number of amides is 2. The maximum atomic E-state index is 11.4.